The molecule has 4 rings (SSSR count). The summed E-state index contributed by atoms with van der Waals surface area (Å²) in [5.74, 6) is -1.35. The largest absolute Gasteiger partial charge is 0.378 e. The van der Waals surface area contributed by atoms with Crippen molar-refractivity contribution in [3.63, 3.8) is 0 Å². The number of carbonyl (C=O) groups excluding carboxylic acids is 3. The molecule has 0 aliphatic carbocycles. The molecule has 2 aromatic carbocycles. The lowest BCUT2D eigenvalue weighted by Crippen LogP contribution is -2.54. The molecule has 0 unspecified atom stereocenters. The number of nitrogens with one attached hydrogen (secondary N) is 1. The number of aryl methyl sites for hydroxylation is 1. The van der Waals surface area contributed by atoms with Gasteiger partial charge in [-0.05, 0) is 60.5 Å². The molecular weight excluding hydrogens is 450 g/mol. The van der Waals surface area contributed by atoms with E-state index >= 15 is 0 Å². The number of amides is 4. The molecule has 0 spiro atoms. The molecule has 8 heteroatoms. The maximum atomic E-state index is 13.0. The van der Waals surface area contributed by atoms with Crippen molar-refractivity contribution < 1.29 is 19.1 Å². The van der Waals surface area contributed by atoms with Crippen LogP contribution in [0.4, 0.5) is 16.2 Å². The minimum atomic E-state index is -0.760. The lowest BCUT2D eigenvalue weighted by molar-refractivity contribution is -0.122. The Morgan fingerprint density at radius 2 is 1.67 bits per heavy atom. The number of ether oxygens (including phenoxy) is 1. The number of urea groups is 1. The maximum Gasteiger partial charge on any atom is 0.335 e. The summed E-state index contributed by atoms with van der Waals surface area (Å²) in [5.41, 5.74) is 3.05. The smallest absolute Gasteiger partial charge is 0.335 e. The Morgan fingerprint density at radius 1 is 1.00 bits per heavy atom. The molecule has 0 radical (unpaired) electrons. The van der Waals surface area contributed by atoms with Gasteiger partial charge in [0.2, 0.25) is 0 Å². The van der Waals surface area contributed by atoms with Gasteiger partial charge in [0.15, 0.2) is 0 Å². The summed E-state index contributed by atoms with van der Waals surface area (Å²) in [6.07, 6.45) is 1.54. The van der Waals surface area contributed by atoms with E-state index in [0.717, 1.165) is 39.3 Å². The van der Waals surface area contributed by atoms with E-state index in [4.69, 9.17) is 4.74 Å². The highest BCUT2D eigenvalue weighted by atomic mass is 79.9. The van der Waals surface area contributed by atoms with Gasteiger partial charge in [-0.1, -0.05) is 22.0 Å². The first-order valence-corrected chi connectivity index (χ1v) is 10.3. The Morgan fingerprint density at radius 3 is 2.33 bits per heavy atom. The molecule has 2 aliphatic heterocycles. The van der Waals surface area contributed by atoms with Crippen LogP contribution < -0.4 is 15.1 Å². The predicted molar refractivity (Wildman–Crippen MR) is 117 cm³/mol. The summed E-state index contributed by atoms with van der Waals surface area (Å²) < 4.78 is 6.21. The number of benzene rings is 2. The van der Waals surface area contributed by atoms with Crippen LogP contribution in [-0.2, 0) is 14.3 Å². The van der Waals surface area contributed by atoms with Crippen molar-refractivity contribution in [1.29, 1.82) is 0 Å². The van der Waals surface area contributed by atoms with Crippen LogP contribution in [0.25, 0.3) is 6.08 Å². The van der Waals surface area contributed by atoms with E-state index in [1.54, 1.807) is 24.3 Å². The zero-order chi connectivity index (χ0) is 21.3. The average molecular weight is 470 g/mol. The first kappa shape index (κ1) is 20.3. The molecule has 2 saturated heterocycles. The van der Waals surface area contributed by atoms with Crippen molar-refractivity contribution in [2.75, 3.05) is 36.1 Å². The lowest BCUT2D eigenvalue weighted by Gasteiger charge is -2.29. The number of rotatable bonds is 3. The molecular formula is C22H20BrN3O4. The molecule has 1 N–H and O–H groups in total. The SMILES string of the molecule is Cc1cc(N2CCOCC2)ccc1/C=C1\C(=O)NC(=O)N(c2ccc(Br)cc2)C1=O. The monoisotopic (exact) mass is 469 g/mol. The number of morpholine rings is 1. The molecule has 30 heavy (non-hydrogen) atoms. The molecule has 2 heterocycles. The Hall–Kier alpha value is -2.97. The second kappa shape index (κ2) is 8.41. The van der Waals surface area contributed by atoms with Crippen molar-refractivity contribution in [1.82, 2.24) is 5.32 Å². The molecule has 4 amide bonds. The van der Waals surface area contributed by atoms with Gasteiger partial charge in [0.25, 0.3) is 11.8 Å². The highest BCUT2D eigenvalue weighted by Crippen LogP contribution is 2.26. The number of hydrogen-bond acceptors (Lipinski definition) is 5. The zero-order valence-corrected chi connectivity index (χ0v) is 17.9. The van der Waals surface area contributed by atoms with E-state index in [1.165, 1.54) is 6.08 Å². The number of barbiturate groups is 1. The maximum absolute atomic E-state index is 13.0. The van der Waals surface area contributed by atoms with E-state index in [1.807, 2.05) is 25.1 Å². The van der Waals surface area contributed by atoms with E-state index in [0.29, 0.717) is 18.9 Å². The molecule has 0 bridgehead atoms. The molecule has 2 aromatic rings. The fourth-order valence-electron chi connectivity index (χ4n) is 3.48. The van der Waals surface area contributed by atoms with E-state index in [9.17, 15) is 14.4 Å². The van der Waals surface area contributed by atoms with Crippen LogP contribution in [0.15, 0.2) is 52.5 Å². The molecule has 7 nitrogen and oxygen atoms in total. The Kier molecular flexibility index (Phi) is 5.69. The van der Waals surface area contributed by atoms with Crippen LogP contribution in [0.5, 0.6) is 0 Å². The Bertz CT molecular complexity index is 1040. The minimum Gasteiger partial charge on any atom is -0.378 e. The van der Waals surface area contributed by atoms with Gasteiger partial charge in [-0.3, -0.25) is 14.9 Å². The second-order valence-electron chi connectivity index (χ2n) is 7.07. The Labute approximate surface area is 182 Å². The number of nitrogens with zero attached hydrogens (tertiary/aromatic N) is 2. The summed E-state index contributed by atoms with van der Waals surface area (Å²) >= 11 is 3.33. The molecule has 2 fully saturated rings. The van der Waals surface area contributed by atoms with Crippen molar-refractivity contribution in [2.24, 2.45) is 0 Å². The highest BCUT2D eigenvalue weighted by Gasteiger charge is 2.36. The van der Waals surface area contributed by atoms with Gasteiger partial charge in [-0.15, -0.1) is 0 Å². The molecule has 0 saturated carbocycles. The number of halogens is 1. The standard InChI is InChI=1S/C22H20BrN3O4/c1-14-12-18(25-8-10-30-11-9-25)5-2-15(14)13-19-20(27)24-22(29)26(21(19)28)17-6-3-16(23)4-7-17/h2-7,12-13H,8-11H2,1H3,(H,24,27,29)/b19-13+. The fraction of sp³-hybridized carbons (Fsp3) is 0.227. The average Bonchev–Trinajstić information content (AvgIpc) is 2.74. The zero-order valence-electron chi connectivity index (χ0n) is 16.4. The van der Waals surface area contributed by atoms with Gasteiger partial charge in [0, 0.05) is 23.2 Å². The Balaban J connectivity index is 1.64. The number of carbonyl (C=O) groups is 3. The first-order chi connectivity index (χ1) is 14.4. The van der Waals surface area contributed by atoms with E-state index in [-0.39, 0.29) is 5.57 Å². The third kappa shape index (κ3) is 4.01. The molecule has 0 aromatic heterocycles. The normalized spacial score (nSPS) is 18.7. The summed E-state index contributed by atoms with van der Waals surface area (Å²) in [5, 5.41) is 2.25. The lowest BCUT2D eigenvalue weighted by atomic mass is 10.0. The summed E-state index contributed by atoms with van der Waals surface area (Å²) in [4.78, 5) is 40.9. The summed E-state index contributed by atoms with van der Waals surface area (Å²) in [7, 11) is 0. The summed E-state index contributed by atoms with van der Waals surface area (Å²) in [6.45, 7) is 4.97. The van der Waals surface area contributed by atoms with Crippen LogP contribution in [0.1, 0.15) is 11.1 Å². The van der Waals surface area contributed by atoms with Crippen molar-refractivity contribution in [2.45, 2.75) is 6.92 Å². The quantitative estimate of drug-likeness (QED) is 0.551. The van der Waals surface area contributed by atoms with E-state index < -0.39 is 17.8 Å². The third-order valence-corrected chi connectivity index (χ3v) is 5.64. The van der Waals surface area contributed by atoms with Crippen molar-refractivity contribution >= 4 is 51.2 Å². The predicted octanol–water partition coefficient (Wildman–Crippen LogP) is 3.26. The van der Waals surface area contributed by atoms with Crippen LogP contribution in [0.2, 0.25) is 0 Å². The number of hydrogen-bond donors (Lipinski definition) is 1. The van der Waals surface area contributed by atoms with Gasteiger partial charge < -0.3 is 9.64 Å². The van der Waals surface area contributed by atoms with Crippen LogP contribution in [0, 0.1) is 6.92 Å². The number of imide groups is 2. The van der Waals surface area contributed by atoms with E-state index in [2.05, 4.69) is 26.1 Å². The van der Waals surface area contributed by atoms with Crippen molar-refractivity contribution in [3.05, 3.63) is 63.6 Å². The van der Waals surface area contributed by atoms with Gasteiger partial charge >= 0.3 is 6.03 Å². The van der Waals surface area contributed by atoms with Gasteiger partial charge in [-0.25, -0.2) is 9.69 Å². The van der Waals surface area contributed by atoms with Gasteiger partial charge in [-0.2, -0.15) is 0 Å². The highest BCUT2D eigenvalue weighted by molar-refractivity contribution is 9.10. The fourth-order valence-corrected chi connectivity index (χ4v) is 3.74. The molecule has 0 atom stereocenters. The number of anilines is 2. The van der Waals surface area contributed by atoms with Gasteiger partial charge in [0.1, 0.15) is 5.57 Å². The summed E-state index contributed by atoms with van der Waals surface area (Å²) in [6, 6.07) is 11.8. The second-order valence-corrected chi connectivity index (χ2v) is 7.99. The minimum absolute atomic E-state index is 0.0836. The third-order valence-electron chi connectivity index (χ3n) is 5.12. The first-order valence-electron chi connectivity index (χ1n) is 9.54. The van der Waals surface area contributed by atoms with Crippen LogP contribution >= 0.6 is 15.9 Å². The van der Waals surface area contributed by atoms with Crippen LogP contribution in [-0.4, -0.2) is 44.1 Å². The molecule has 154 valence electrons. The van der Waals surface area contributed by atoms with Crippen molar-refractivity contribution in [3.8, 4) is 0 Å². The topological polar surface area (TPSA) is 79.0 Å². The van der Waals surface area contributed by atoms with Crippen LogP contribution in [0.3, 0.4) is 0 Å². The van der Waals surface area contributed by atoms with Gasteiger partial charge in [0.05, 0.1) is 18.9 Å². The molecule has 2 aliphatic rings.